The Bertz CT molecular complexity index is 252. The average Bonchev–Trinajstić information content (AvgIpc) is 1.99. The summed E-state index contributed by atoms with van der Waals surface area (Å²) in [5, 5.41) is 26.5. The Balaban J connectivity index is 3.21. The molecule has 0 aliphatic rings. The minimum atomic E-state index is -0.401. The normalized spacial score (nSPS) is 10.0. The van der Waals surface area contributed by atoms with Crippen molar-refractivity contribution in [1.82, 2.24) is 9.97 Å². The maximum absolute atomic E-state index is 8.99. The second-order valence-corrected chi connectivity index (χ2v) is 2.07. The third-order valence-electron chi connectivity index (χ3n) is 1.28. The van der Waals surface area contributed by atoms with E-state index in [2.05, 4.69) is 9.97 Å². The van der Waals surface area contributed by atoms with Crippen molar-refractivity contribution < 1.29 is 15.3 Å². The molecule has 0 radical (unpaired) electrons. The zero-order chi connectivity index (χ0) is 8.43. The summed E-state index contributed by atoms with van der Waals surface area (Å²) >= 11 is 0. The Morgan fingerprint density at radius 2 is 1.64 bits per heavy atom. The molecule has 11 heavy (non-hydrogen) atoms. The summed E-state index contributed by atoms with van der Waals surface area (Å²) in [5.41, 5.74) is 0.210. The predicted molar refractivity (Wildman–Crippen MR) is 36.0 cm³/mol. The van der Waals surface area contributed by atoms with Crippen LogP contribution in [0.15, 0.2) is 0 Å². The Labute approximate surface area is 63.0 Å². The maximum atomic E-state index is 8.99. The highest BCUT2D eigenvalue weighted by atomic mass is 16.3. The topological polar surface area (TPSA) is 86.5 Å². The lowest BCUT2D eigenvalue weighted by molar-refractivity contribution is 0.265. The summed E-state index contributed by atoms with van der Waals surface area (Å²) in [6, 6.07) is 0. The molecule has 0 saturated heterocycles. The van der Waals surface area contributed by atoms with Crippen LogP contribution in [-0.2, 0) is 6.61 Å². The van der Waals surface area contributed by atoms with Crippen LogP contribution in [0.4, 0.5) is 0 Å². The highest BCUT2D eigenvalue weighted by Gasteiger charge is 2.06. The molecule has 0 aliphatic carbocycles. The molecule has 0 saturated carbocycles. The maximum Gasteiger partial charge on any atom is 0.221 e. The fourth-order valence-corrected chi connectivity index (χ4v) is 0.608. The molecular weight excluding hydrogens is 148 g/mol. The minimum absolute atomic E-state index is 0.00519. The smallest absolute Gasteiger partial charge is 0.221 e. The van der Waals surface area contributed by atoms with Crippen LogP contribution in [0.5, 0.6) is 11.8 Å². The van der Waals surface area contributed by atoms with Gasteiger partial charge in [0.05, 0.1) is 5.56 Å². The molecule has 0 aromatic carbocycles. The first-order valence-corrected chi connectivity index (χ1v) is 3.01. The summed E-state index contributed by atoms with van der Waals surface area (Å²) in [6.45, 7) is 1.08. The van der Waals surface area contributed by atoms with E-state index < -0.39 is 6.61 Å². The summed E-state index contributed by atoms with van der Waals surface area (Å²) in [5.74, 6) is -0.603. The number of hydrogen-bond donors (Lipinski definition) is 3. The van der Waals surface area contributed by atoms with Crippen molar-refractivity contribution in [2.45, 2.75) is 13.5 Å². The van der Waals surface area contributed by atoms with Gasteiger partial charge in [-0.15, -0.1) is 0 Å². The van der Waals surface area contributed by atoms with E-state index in [1.807, 2.05) is 0 Å². The molecule has 60 valence electrons. The second kappa shape index (κ2) is 2.71. The lowest BCUT2D eigenvalue weighted by atomic mass is 10.3. The van der Waals surface area contributed by atoms with E-state index in [1.54, 1.807) is 0 Å². The van der Waals surface area contributed by atoms with E-state index in [0.717, 1.165) is 0 Å². The second-order valence-electron chi connectivity index (χ2n) is 2.07. The van der Waals surface area contributed by atoms with Gasteiger partial charge >= 0.3 is 0 Å². The van der Waals surface area contributed by atoms with Crippen LogP contribution < -0.4 is 0 Å². The molecule has 0 bridgehead atoms. The Morgan fingerprint density at radius 3 is 2.00 bits per heavy atom. The first kappa shape index (κ1) is 7.74. The molecule has 0 spiro atoms. The average molecular weight is 156 g/mol. The Morgan fingerprint density at radius 1 is 1.18 bits per heavy atom. The molecule has 1 aromatic heterocycles. The van der Waals surface area contributed by atoms with Crippen molar-refractivity contribution in [2.24, 2.45) is 0 Å². The van der Waals surface area contributed by atoms with Crippen LogP contribution >= 0.6 is 0 Å². The molecular formula is C6H8N2O3. The van der Waals surface area contributed by atoms with Crippen LogP contribution in [0.2, 0.25) is 0 Å². The molecule has 0 aliphatic heterocycles. The number of rotatable bonds is 1. The van der Waals surface area contributed by atoms with Gasteiger partial charge in [-0.3, -0.25) is 0 Å². The van der Waals surface area contributed by atoms with Crippen LogP contribution in [-0.4, -0.2) is 25.3 Å². The van der Waals surface area contributed by atoms with E-state index in [9.17, 15) is 0 Å². The van der Waals surface area contributed by atoms with Gasteiger partial charge in [0.2, 0.25) is 11.8 Å². The highest BCUT2D eigenvalue weighted by molar-refractivity contribution is 5.31. The van der Waals surface area contributed by atoms with Crippen LogP contribution in [0, 0.1) is 6.92 Å². The largest absolute Gasteiger partial charge is 0.493 e. The molecule has 0 unspecified atom stereocenters. The number of aliphatic hydroxyl groups is 1. The lowest BCUT2D eigenvalue weighted by Crippen LogP contribution is -1.95. The van der Waals surface area contributed by atoms with Gasteiger partial charge in [0.25, 0.3) is 0 Å². The minimum Gasteiger partial charge on any atom is -0.493 e. The Kier molecular flexibility index (Phi) is 1.91. The fourth-order valence-electron chi connectivity index (χ4n) is 0.608. The van der Waals surface area contributed by atoms with Gasteiger partial charge in [0.15, 0.2) is 5.82 Å². The number of aromatic hydroxyl groups is 2. The molecule has 0 fully saturated rings. The quantitative estimate of drug-likeness (QED) is 0.519. The molecule has 1 rings (SSSR count). The van der Waals surface area contributed by atoms with Gasteiger partial charge in [-0.05, 0) is 6.92 Å². The number of hydrogen-bond acceptors (Lipinski definition) is 5. The summed E-state index contributed by atoms with van der Waals surface area (Å²) < 4.78 is 0. The molecule has 0 amide bonds. The number of aliphatic hydroxyl groups excluding tert-OH is 1. The molecule has 1 heterocycles. The molecule has 0 atom stereocenters. The predicted octanol–water partition coefficient (Wildman–Crippen LogP) is -0.311. The van der Waals surface area contributed by atoms with Crippen LogP contribution in [0.3, 0.4) is 0 Å². The van der Waals surface area contributed by atoms with Gasteiger partial charge in [-0.1, -0.05) is 0 Å². The summed E-state index contributed by atoms with van der Waals surface area (Å²) in [6.07, 6.45) is 0. The van der Waals surface area contributed by atoms with Crippen molar-refractivity contribution >= 4 is 0 Å². The monoisotopic (exact) mass is 156 g/mol. The Hall–Kier alpha value is -1.36. The standard InChI is InChI=1S/C6H8N2O3/c1-3-5(10)7-4(2-9)8-6(3)11/h9H,2H2,1H3,(H2,7,8,10,11). The van der Waals surface area contributed by atoms with Crippen molar-refractivity contribution in [3.8, 4) is 11.8 Å². The number of aromatic nitrogens is 2. The van der Waals surface area contributed by atoms with E-state index >= 15 is 0 Å². The zero-order valence-corrected chi connectivity index (χ0v) is 5.94. The molecule has 5 heteroatoms. The zero-order valence-electron chi connectivity index (χ0n) is 5.94. The number of nitrogens with zero attached hydrogens (tertiary/aromatic N) is 2. The van der Waals surface area contributed by atoms with Crippen LogP contribution in [0.1, 0.15) is 11.4 Å². The van der Waals surface area contributed by atoms with Crippen LogP contribution in [0.25, 0.3) is 0 Å². The molecule has 1 aromatic rings. The summed E-state index contributed by atoms with van der Waals surface area (Å²) in [4.78, 5) is 6.97. The fraction of sp³-hybridized carbons (Fsp3) is 0.333. The SMILES string of the molecule is Cc1c(O)nc(CO)nc1O. The van der Waals surface area contributed by atoms with Crippen molar-refractivity contribution in [1.29, 1.82) is 0 Å². The van der Waals surface area contributed by atoms with Crippen molar-refractivity contribution in [3.63, 3.8) is 0 Å². The lowest BCUT2D eigenvalue weighted by Gasteiger charge is -2.01. The van der Waals surface area contributed by atoms with Gasteiger partial charge in [-0.2, -0.15) is 9.97 Å². The third kappa shape index (κ3) is 1.38. The summed E-state index contributed by atoms with van der Waals surface area (Å²) in [7, 11) is 0. The molecule has 3 N–H and O–H groups in total. The first-order chi connectivity index (χ1) is 5.15. The van der Waals surface area contributed by atoms with Gasteiger partial charge in [0.1, 0.15) is 6.61 Å². The van der Waals surface area contributed by atoms with E-state index in [-0.39, 0.29) is 23.1 Å². The van der Waals surface area contributed by atoms with Gasteiger partial charge in [-0.25, -0.2) is 0 Å². The third-order valence-corrected chi connectivity index (χ3v) is 1.28. The van der Waals surface area contributed by atoms with Crippen molar-refractivity contribution in [3.05, 3.63) is 11.4 Å². The highest BCUT2D eigenvalue weighted by Crippen LogP contribution is 2.20. The van der Waals surface area contributed by atoms with E-state index in [0.29, 0.717) is 0 Å². The van der Waals surface area contributed by atoms with Gasteiger partial charge in [0, 0.05) is 0 Å². The van der Waals surface area contributed by atoms with E-state index in [1.165, 1.54) is 6.92 Å². The van der Waals surface area contributed by atoms with Crippen molar-refractivity contribution in [2.75, 3.05) is 0 Å². The first-order valence-electron chi connectivity index (χ1n) is 3.01. The molecule has 5 nitrogen and oxygen atoms in total. The van der Waals surface area contributed by atoms with E-state index in [4.69, 9.17) is 15.3 Å². The van der Waals surface area contributed by atoms with Gasteiger partial charge < -0.3 is 15.3 Å².